The number of carbonyl (C=O) groups excluding carboxylic acids is 2. The average molecular weight is 302 g/mol. The molecule has 2 heteroatoms. The molecule has 0 bridgehead atoms. The van der Waals surface area contributed by atoms with Crippen LogP contribution in [0.5, 0.6) is 0 Å². The second-order valence-corrected chi connectivity index (χ2v) is 8.08. The molecule has 0 amide bonds. The molecule has 1 saturated carbocycles. The Bertz CT molecular complexity index is 522. The first-order chi connectivity index (χ1) is 10.2. The summed E-state index contributed by atoms with van der Waals surface area (Å²) in [5, 5.41) is 0. The third-order valence-electron chi connectivity index (χ3n) is 5.67. The van der Waals surface area contributed by atoms with Crippen molar-refractivity contribution in [1.82, 2.24) is 0 Å². The zero-order valence-electron chi connectivity index (χ0n) is 14.7. The topological polar surface area (TPSA) is 34.1 Å². The van der Waals surface area contributed by atoms with E-state index in [1.807, 2.05) is 19.9 Å². The monoisotopic (exact) mass is 302 g/mol. The molecular formula is C20H30O2. The van der Waals surface area contributed by atoms with Gasteiger partial charge in [0.25, 0.3) is 0 Å². The second kappa shape index (κ2) is 6.52. The molecule has 0 N–H and O–H groups in total. The van der Waals surface area contributed by atoms with E-state index in [2.05, 4.69) is 26.8 Å². The average Bonchev–Trinajstić information content (AvgIpc) is 2.92. The molecular weight excluding hydrogens is 272 g/mol. The van der Waals surface area contributed by atoms with Gasteiger partial charge in [0, 0.05) is 19.3 Å². The Kier molecular flexibility index (Phi) is 5.09. The zero-order chi connectivity index (χ0) is 16.5. The Hall–Kier alpha value is -1.18. The minimum Gasteiger partial charge on any atom is -0.299 e. The Morgan fingerprint density at radius 1 is 1.14 bits per heavy atom. The van der Waals surface area contributed by atoms with Crippen LogP contribution in [0.4, 0.5) is 0 Å². The number of allylic oxidation sites excluding steroid dienone is 4. The minimum absolute atomic E-state index is 0.193. The summed E-state index contributed by atoms with van der Waals surface area (Å²) in [6.45, 7) is 10.7. The lowest BCUT2D eigenvalue weighted by Gasteiger charge is -2.11. The lowest BCUT2D eigenvalue weighted by Crippen LogP contribution is -2.07. The summed E-state index contributed by atoms with van der Waals surface area (Å²) in [5.74, 6) is 2.15. The van der Waals surface area contributed by atoms with Crippen molar-refractivity contribution < 1.29 is 9.59 Å². The molecule has 0 aromatic carbocycles. The van der Waals surface area contributed by atoms with E-state index in [1.54, 1.807) is 0 Å². The molecule has 0 aromatic rings. The molecule has 0 radical (unpaired) electrons. The van der Waals surface area contributed by atoms with Gasteiger partial charge in [0.15, 0.2) is 5.78 Å². The van der Waals surface area contributed by atoms with Gasteiger partial charge < -0.3 is 0 Å². The maximum absolute atomic E-state index is 12.2. The molecule has 0 aliphatic heterocycles. The molecule has 2 nitrogen and oxygen atoms in total. The van der Waals surface area contributed by atoms with Crippen LogP contribution < -0.4 is 0 Å². The number of rotatable bonds is 0. The van der Waals surface area contributed by atoms with Gasteiger partial charge in [0.1, 0.15) is 5.78 Å². The van der Waals surface area contributed by atoms with Crippen LogP contribution in [-0.2, 0) is 9.59 Å². The maximum atomic E-state index is 12.2. The van der Waals surface area contributed by atoms with Gasteiger partial charge in [-0.1, -0.05) is 38.5 Å². The minimum atomic E-state index is 0.193. The predicted octanol–water partition coefficient (Wildman–Crippen LogP) is 4.89. The van der Waals surface area contributed by atoms with Gasteiger partial charge in [-0.25, -0.2) is 0 Å². The molecule has 1 fully saturated rings. The highest BCUT2D eigenvalue weighted by Gasteiger charge is 2.55. The standard InChI is InChI=1S/C20H30O2/c1-13-6-8-17-18(20(17,4)5)12-15(3)19(22)9-7-14(2)11-16(21)10-13/h7,12-13,17-18H,6,8-11H2,1-5H3/b14-7+,15-12+/t13?,17-,18+/m0/s1. The van der Waals surface area contributed by atoms with E-state index in [0.29, 0.717) is 48.2 Å². The Morgan fingerprint density at radius 2 is 1.82 bits per heavy atom. The SMILES string of the molecule is C/C1=C\CC(=O)/C(C)=C/[C@@H]2[C@H](CCC(C)CC(=O)C1)C2(C)C. The highest BCUT2D eigenvalue weighted by Crippen LogP contribution is 2.61. The molecule has 0 aromatic heterocycles. The van der Waals surface area contributed by atoms with Crippen molar-refractivity contribution in [3.8, 4) is 0 Å². The van der Waals surface area contributed by atoms with E-state index in [-0.39, 0.29) is 5.78 Å². The van der Waals surface area contributed by atoms with Gasteiger partial charge in [-0.2, -0.15) is 0 Å². The summed E-state index contributed by atoms with van der Waals surface area (Å²) in [7, 11) is 0. The Balaban J connectivity index is 2.18. The lowest BCUT2D eigenvalue weighted by molar-refractivity contribution is -0.119. The van der Waals surface area contributed by atoms with E-state index >= 15 is 0 Å². The molecule has 2 aliphatic rings. The number of Topliss-reactive ketones (excluding diaryl/α,β-unsaturated/α-hetero) is 2. The van der Waals surface area contributed by atoms with Crippen molar-refractivity contribution in [2.24, 2.45) is 23.2 Å². The molecule has 2 rings (SSSR count). The van der Waals surface area contributed by atoms with Gasteiger partial charge in [-0.05, 0) is 55.4 Å². The third kappa shape index (κ3) is 3.97. The van der Waals surface area contributed by atoms with Crippen LogP contribution >= 0.6 is 0 Å². The molecule has 122 valence electrons. The van der Waals surface area contributed by atoms with E-state index < -0.39 is 0 Å². The van der Waals surface area contributed by atoms with Crippen molar-refractivity contribution in [2.45, 2.75) is 66.7 Å². The summed E-state index contributed by atoms with van der Waals surface area (Å²) in [6, 6.07) is 0. The fourth-order valence-corrected chi connectivity index (χ4v) is 3.87. The van der Waals surface area contributed by atoms with Crippen LogP contribution in [0.3, 0.4) is 0 Å². The normalized spacial score (nSPS) is 38.1. The van der Waals surface area contributed by atoms with E-state index in [9.17, 15) is 9.59 Å². The number of hydrogen-bond donors (Lipinski definition) is 0. The summed E-state index contributed by atoms with van der Waals surface area (Å²) in [4.78, 5) is 24.3. The van der Waals surface area contributed by atoms with Gasteiger partial charge in [-0.15, -0.1) is 0 Å². The maximum Gasteiger partial charge on any atom is 0.162 e. The second-order valence-electron chi connectivity index (χ2n) is 8.08. The van der Waals surface area contributed by atoms with Crippen LogP contribution in [-0.4, -0.2) is 11.6 Å². The van der Waals surface area contributed by atoms with Gasteiger partial charge in [-0.3, -0.25) is 9.59 Å². The largest absolute Gasteiger partial charge is 0.299 e. The molecule has 1 unspecified atom stereocenters. The molecule has 3 atom stereocenters. The van der Waals surface area contributed by atoms with Crippen molar-refractivity contribution in [3.05, 3.63) is 23.3 Å². The highest BCUT2D eigenvalue weighted by atomic mass is 16.1. The van der Waals surface area contributed by atoms with Crippen LogP contribution in [0, 0.1) is 23.2 Å². The smallest absolute Gasteiger partial charge is 0.162 e. The van der Waals surface area contributed by atoms with Crippen LogP contribution in [0.15, 0.2) is 23.3 Å². The number of fused-ring (bicyclic) bond motifs is 1. The molecule has 0 saturated heterocycles. The lowest BCUT2D eigenvalue weighted by atomic mass is 9.93. The highest BCUT2D eigenvalue weighted by molar-refractivity contribution is 5.96. The van der Waals surface area contributed by atoms with Crippen LogP contribution in [0.2, 0.25) is 0 Å². The summed E-state index contributed by atoms with van der Waals surface area (Å²) < 4.78 is 0. The predicted molar refractivity (Wildman–Crippen MR) is 90.5 cm³/mol. The fourth-order valence-electron chi connectivity index (χ4n) is 3.87. The number of hydrogen-bond acceptors (Lipinski definition) is 2. The van der Waals surface area contributed by atoms with Crippen molar-refractivity contribution in [1.29, 1.82) is 0 Å². The first-order valence-electron chi connectivity index (χ1n) is 8.60. The molecule has 22 heavy (non-hydrogen) atoms. The first kappa shape index (κ1) is 17.2. The van der Waals surface area contributed by atoms with Crippen molar-refractivity contribution >= 4 is 11.6 Å². The quantitative estimate of drug-likeness (QED) is 0.597. The number of ketones is 2. The van der Waals surface area contributed by atoms with Gasteiger partial charge in [0.05, 0.1) is 0 Å². The molecule has 0 spiro atoms. The van der Waals surface area contributed by atoms with Crippen molar-refractivity contribution in [3.63, 3.8) is 0 Å². The van der Waals surface area contributed by atoms with Crippen LogP contribution in [0.1, 0.15) is 66.7 Å². The summed E-state index contributed by atoms with van der Waals surface area (Å²) in [5.41, 5.74) is 2.22. The van der Waals surface area contributed by atoms with E-state index in [0.717, 1.165) is 17.6 Å². The van der Waals surface area contributed by atoms with E-state index in [4.69, 9.17) is 0 Å². The Morgan fingerprint density at radius 3 is 2.50 bits per heavy atom. The molecule has 0 heterocycles. The van der Waals surface area contributed by atoms with Crippen LogP contribution in [0.25, 0.3) is 0 Å². The third-order valence-corrected chi connectivity index (χ3v) is 5.67. The van der Waals surface area contributed by atoms with Gasteiger partial charge in [0.2, 0.25) is 0 Å². The summed E-state index contributed by atoms with van der Waals surface area (Å²) in [6.07, 6.45) is 8.01. The van der Waals surface area contributed by atoms with Crippen molar-refractivity contribution in [2.75, 3.05) is 0 Å². The zero-order valence-corrected chi connectivity index (χ0v) is 14.7. The first-order valence-corrected chi connectivity index (χ1v) is 8.60. The Labute approximate surface area is 135 Å². The van der Waals surface area contributed by atoms with E-state index in [1.165, 1.54) is 6.42 Å². The number of carbonyl (C=O) groups is 2. The summed E-state index contributed by atoms with van der Waals surface area (Å²) >= 11 is 0. The molecule has 2 aliphatic carbocycles. The fraction of sp³-hybridized carbons (Fsp3) is 0.700. The van der Waals surface area contributed by atoms with Gasteiger partial charge >= 0.3 is 0 Å².